The molecule has 2 heterocycles. The van der Waals surface area contributed by atoms with Gasteiger partial charge in [-0.25, -0.2) is 4.79 Å². The number of aliphatic carboxylic acids is 1. The van der Waals surface area contributed by atoms with Crippen molar-refractivity contribution in [3.63, 3.8) is 0 Å². The molecule has 2 fully saturated rings. The molecule has 2 aliphatic rings. The number of nitrogens with one attached hydrogen (secondary N) is 2. The fourth-order valence-corrected chi connectivity index (χ4v) is 3.00. The van der Waals surface area contributed by atoms with Gasteiger partial charge in [0.15, 0.2) is 0 Å². The second-order valence-corrected chi connectivity index (χ2v) is 5.76. The highest BCUT2D eigenvalue weighted by atomic mass is 16.4. The molecule has 3 amide bonds. The van der Waals surface area contributed by atoms with Crippen LogP contribution in [0.4, 0.5) is 4.79 Å². The number of likely N-dealkylation sites (tertiary alicyclic amines) is 1. The second kappa shape index (κ2) is 7.28. The van der Waals surface area contributed by atoms with E-state index in [0.717, 1.165) is 25.7 Å². The fraction of sp³-hybridized carbons (Fsp3) is 0.786. The topological polar surface area (TPSA) is 98.7 Å². The van der Waals surface area contributed by atoms with E-state index in [1.807, 2.05) is 0 Å². The fourth-order valence-electron chi connectivity index (χ4n) is 3.00. The van der Waals surface area contributed by atoms with Crippen LogP contribution in [0, 0.1) is 0 Å². The molecular weight excluding hydrogens is 274 g/mol. The first-order chi connectivity index (χ1) is 10.1. The number of carboxylic acids is 1. The number of urea groups is 1. The van der Waals surface area contributed by atoms with E-state index < -0.39 is 5.97 Å². The quantitative estimate of drug-likeness (QED) is 0.695. The van der Waals surface area contributed by atoms with E-state index in [-0.39, 0.29) is 30.4 Å². The lowest BCUT2D eigenvalue weighted by Crippen LogP contribution is -2.51. The zero-order valence-corrected chi connectivity index (χ0v) is 12.1. The van der Waals surface area contributed by atoms with Gasteiger partial charge in [0.1, 0.15) is 0 Å². The molecule has 0 radical (unpaired) electrons. The third-order valence-corrected chi connectivity index (χ3v) is 4.16. The normalized spacial score (nSPS) is 25.5. The molecule has 0 aromatic heterocycles. The van der Waals surface area contributed by atoms with E-state index in [2.05, 4.69) is 10.6 Å². The molecule has 0 aliphatic carbocycles. The van der Waals surface area contributed by atoms with Crippen molar-refractivity contribution < 1.29 is 19.5 Å². The van der Waals surface area contributed by atoms with Crippen molar-refractivity contribution in [3.05, 3.63) is 0 Å². The average Bonchev–Trinajstić information content (AvgIpc) is 2.88. The predicted octanol–water partition coefficient (Wildman–Crippen LogP) is 0.694. The van der Waals surface area contributed by atoms with Crippen molar-refractivity contribution in [1.82, 2.24) is 15.5 Å². The largest absolute Gasteiger partial charge is 0.481 e. The molecule has 0 spiro atoms. The molecule has 2 saturated heterocycles. The Morgan fingerprint density at radius 1 is 1.33 bits per heavy atom. The van der Waals surface area contributed by atoms with E-state index >= 15 is 0 Å². The highest BCUT2D eigenvalue weighted by Crippen LogP contribution is 2.21. The molecule has 7 nitrogen and oxygen atoms in total. The zero-order valence-electron chi connectivity index (χ0n) is 12.1. The molecule has 2 rings (SSSR count). The summed E-state index contributed by atoms with van der Waals surface area (Å²) in [5.74, 6) is -0.791. The standard InChI is InChI=1S/C14H23N3O4/c18-12-6-4-10(16-12)9-15-14(21)17-8-2-1-3-11(17)5-7-13(19)20/h10-11H,1-9H2,(H,15,21)(H,16,18)(H,19,20). The summed E-state index contributed by atoms with van der Waals surface area (Å²) in [6.07, 6.45) is 4.72. The maximum atomic E-state index is 12.2. The zero-order chi connectivity index (χ0) is 15.2. The molecule has 0 saturated carbocycles. The summed E-state index contributed by atoms with van der Waals surface area (Å²) in [5.41, 5.74) is 0. The summed E-state index contributed by atoms with van der Waals surface area (Å²) in [5, 5.41) is 14.5. The lowest BCUT2D eigenvalue weighted by molar-refractivity contribution is -0.137. The summed E-state index contributed by atoms with van der Waals surface area (Å²) in [4.78, 5) is 35.8. The smallest absolute Gasteiger partial charge is 0.317 e. The van der Waals surface area contributed by atoms with E-state index in [9.17, 15) is 14.4 Å². The number of piperidine rings is 1. The van der Waals surface area contributed by atoms with Gasteiger partial charge in [-0.1, -0.05) is 0 Å². The predicted molar refractivity (Wildman–Crippen MR) is 75.8 cm³/mol. The van der Waals surface area contributed by atoms with Crippen molar-refractivity contribution in [3.8, 4) is 0 Å². The number of hydrogen-bond donors (Lipinski definition) is 3. The van der Waals surface area contributed by atoms with Gasteiger partial charge in [-0.3, -0.25) is 9.59 Å². The van der Waals surface area contributed by atoms with Crippen LogP contribution in [-0.4, -0.2) is 53.1 Å². The molecule has 0 aromatic rings. The first kappa shape index (κ1) is 15.6. The SMILES string of the molecule is O=C(O)CCC1CCCCN1C(=O)NCC1CCC(=O)N1. The minimum atomic E-state index is -0.824. The van der Waals surface area contributed by atoms with E-state index in [1.165, 1.54) is 0 Å². The van der Waals surface area contributed by atoms with Gasteiger partial charge in [-0.05, 0) is 32.1 Å². The van der Waals surface area contributed by atoms with Gasteiger partial charge < -0.3 is 20.6 Å². The number of amides is 3. The summed E-state index contributed by atoms with van der Waals surface area (Å²) < 4.78 is 0. The van der Waals surface area contributed by atoms with Crippen molar-refractivity contribution >= 4 is 17.9 Å². The summed E-state index contributed by atoms with van der Waals surface area (Å²) in [6.45, 7) is 1.11. The summed E-state index contributed by atoms with van der Waals surface area (Å²) in [7, 11) is 0. The van der Waals surface area contributed by atoms with Crippen LogP contribution in [0.3, 0.4) is 0 Å². The minimum Gasteiger partial charge on any atom is -0.481 e. The van der Waals surface area contributed by atoms with Crippen LogP contribution in [0.15, 0.2) is 0 Å². The Hall–Kier alpha value is -1.79. The van der Waals surface area contributed by atoms with Crippen LogP contribution in [0.2, 0.25) is 0 Å². The van der Waals surface area contributed by atoms with Crippen molar-refractivity contribution in [2.75, 3.05) is 13.1 Å². The Morgan fingerprint density at radius 3 is 2.81 bits per heavy atom. The molecule has 0 bridgehead atoms. The minimum absolute atomic E-state index is 0.00743. The first-order valence-corrected chi connectivity index (χ1v) is 7.62. The van der Waals surface area contributed by atoms with Gasteiger partial charge in [0.25, 0.3) is 0 Å². The van der Waals surface area contributed by atoms with Gasteiger partial charge in [-0.2, -0.15) is 0 Å². The van der Waals surface area contributed by atoms with Crippen LogP contribution in [0.5, 0.6) is 0 Å². The van der Waals surface area contributed by atoms with Crippen molar-refractivity contribution in [1.29, 1.82) is 0 Å². The molecule has 0 aromatic carbocycles. The maximum absolute atomic E-state index is 12.2. The molecular formula is C14H23N3O4. The molecule has 2 aliphatic heterocycles. The van der Waals surface area contributed by atoms with Crippen LogP contribution in [0.25, 0.3) is 0 Å². The Morgan fingerprint density at radius 2 is 2.14 bits per heavy atom. The van der Waals surface area contributed by atoms with Gasteiger partial charge in [0.05, 0.1) is 0 Å². The summed E-state index contributed by atoms with van der Waals surface area (Å²) >= 11 is 0. The number of hydrogen-bond acceptors (Lipinski definition) is 3. The van der Waals surface area contributed by atoms with Crippen molar-refractivity contribution in [2.24, 2.45) is 0 Å². The molecule has 7 heteroatoms. The molecule has 21 heavy (non-hydrogen) atoms. The Bertz CT molecular complexity index is 413. The highest BCUT2D eigenvalue weighted by molar-refractivity contribution is 5.79. The Kier molecular flexibility index (Phi) is 5.41. The van der Waals surface area contributed by atoms with E-state index in [1.54, 1.807) is 4.90 Å². The molecule has 2 atom stereocenters. The van der Waals surface area contributed by atoms with Crippen LogP contribution in [0.1, 0.15) is 44.9 Å². The lowest BCUT2D eigenvalue weighted by Gasteiger charge is -2.35. The summed E-state index contributed by atoms with van der Waals surface area (Å²) in [6, 6.07) is -0.122. The number of rotatable bonds is 5. The number of carboxylic acid groups (broad SMARTS) is 1. The highest BCUT2D eigenvalue weighted by Gasteiger charge is 2.28. The van der Waals surface area contributed by atoms with Crippen molar-refractivity contribution in [2.45, 2.75) is 57.0 Å². The van der Waals surface area contributed by atoms with Gasteiger partial charge >= 0.3 is 12.0 Å². The van der Waals surface area contributed by atoms with Gasteiger partial charge in [-0.15, -0.1) is 0 Å². The molecule has 118 valence electrons. The van der Waals surface area contributed by atoms with Crippen LogP contribution >= 0.6 is 0 Å². The number of carbonyl (C=O) groups is 3. The van der Waals surface area contributed by atoms with Crippen LogP contribution in [-0.2, 0) is 9.59 Å². The van der Waals surface area contributed by atoms with Gasteiger partial charge in [0, 0.05) is 38.0 Å². The first-order valence-electron chi connectivity index (χ1n) is 7.62. The number of nitrogens with zero attached hydrogens (tertiary/aromatic N) is 1. The maximum Gasteiger partial charge on any atom is 0.317 e. The second-order valence-electron chi connectivity index (χ2n) is 5.76. The van der Waals surface area contributed by atoms with E-state index in [0.29, 0.717) is 25.9 Å². The third kappa shape index (κ3) is 4.61. The average molecular weight is 297 g/mol. The third-order valence-electron chi connectivity index (χ3n) is 4.16. The Labute approximate surface area is 124 Å². The molecule has 3 N–H and O–H groups in total. The van der Waals surface area contributed by atoms with Crippen LogP contribution < -0.4 is 10.6 Å². The Balaban J connectivity index is 1.80. The monoisotopic (exact) mass is 297 g/mol. The van der Waals surface area contributed by atoms with Gasteiger partial charge in [0.2, 0.25) is 5.91 Å². The van der Waals surface area contributed by atoms with E-state index in [4.69, 9.17) is 5.11 Å². The molecule has 2 unspecified atom stereocenters. The number of carbonyl (C=O) groups excluding carboxylic acids is 2. The lowest BCUT2D eigenvalue weighted by atomic mass is 9.98.